The standard InChI is InChI=1S/C16H17F2N3O4S/c1-10-8-14(21(20-10)12-6-7-26(23,24)9-12)19-15(22)11-2-4-13(5-3-11)25-16(17)18/h2-5,8,12,16H,6-7,9H2,1H3,(H,19,22). The minimum atomic E-state index is -3.10. The third-order valence-electron chi connectivity index (χ3n) is 4.00. The summed E-state index contributed by atoms with van der Waals surface area (Å²) in [5.74, 6) is -0.0432. The quantitative estimate of drug-likeness (QED) is 0.854. The van der Waals surface area contributed by atoms with Gasteiger partial charge in [0.05, 0.1) is 23.2 Å². The molecule has 0 aliphatic carbocycles. The van der Waals surface area contributed by atoms with Crippen molar-refractivity contribution in [3.8, 4) is 5.75 Å². The van der Waals surface area contributed by atoms with E-state index in [-0.39, 0.29) is 28.9 Å². The Labute approximate surface area is 148 Å². The van der Waals surface area contributed by atoms with Gasteiger partial charge in [-0.1, -0.05) is 0 Å². The van der Waals surface area contributed by atoms with Crippen molar-refractivity contribution in [1.82, 2.24) is 9.78 Å². The van der Waals surface area contributed by atoms with Crippen LogP contribution in [-0.4, -0.2) is 42.2 Å². The van der Waals surface area contributed by atoms with Crippen LogP contribution < -0.4 is 10.1 Å². The number of anilines is 1. The molecule has 3 rings (SSSR count). The number of carbonyl (C=O) groups is 1. The fourth-order valence-corrected chi connectivity index (χ4v) is 4.52. The number of sulfone groups is 1. The third kappa shape index (κ3) is 4.18. The van der Waals surface area contributed by atoms with E-state index in [0.717, 1.165) is 0 Å². The van der Waals surface area contributed by atoms with Crippen LogP contribution in [0.2, 0.25) is 0 Å². The van der Waals surface area contributed by atoms with Gasteiger partial charge in [0, 0.05) is 11.6 Å². The second-order valence-electron chi connectivity index (χ2n) is 6.03. The zero-order valence-corrected chi connectivity index (χ0v) is 14.7. The molecule has 1 aliphatic heterocycles. The maximum absolute atomic E-state index is 12.4. The minimum absolute atomic E-state index is 0.0172. The van der Waals surface area contributed by atoms with Crippen molar-refractivity contribution in [1.29, 1.82) is 0 Å². The van der Waals surface area contributed by atoms with Crippen molar-refractivity contribution < 1.29 is 26.7 Å². The van der Waals surface area contributed by atoms with Gasteiger partial charge in [-0.25, -0.2) is 13.1 Å². The van der Waals surface area contributed by atoms with E-state index < -0.39 is 22.4 Å². The summed E-state index contributed by atoms with van der Waals surface area (Å²) >= 11 is 0. The zero-order chi connectivity index (χ0) is 18.9. The highest BCUT2D eigenvalue weighted by molar-refractivity contribution is 7.91. The molecule has 2 aromatic rings. The van der Waals surface area contributed by atoms with Gasteiger partial charge in [-0.2, -0.15) is 13.9 Å². The molecule has 1 fully saturated rings. The largest absolute Gasteiger partial charge is 0.435 e. The van der Waals surface area contributed by atoms with Crippen molar-refractivity contribution >= 4 is 21.6 Å². The predicted octanol–water partition coefficient (Wildman–Crippen LogP) is 2.40. The molecule has 0 saturated carbocycles. The molecule has 1 N–H and O–H groups in total. The van der Waals surface area contributed by atoms with Gasteiger partial charge in [0.2, 0.25) is 0 Å². The maximum Gasteiger partial charge on any atom is 0.387 e. The van der Waals surface area contributed by atoms with Crippen LogP contribution in [-0.2, 0) is 9.84 Å². The van der Waals surface area contributed by atoms with Crippen LogP contribution in [0.25, 0.3) is 0 Å². The molecule has 140 valence electrons. The number of nitrogens with zero attached hydrogens (tertiary/aromatic N) is 2. The van der Waals surface area contributed by atoms with E-state index in [1.807, 2.05) is 0 Å². The molecule has 1 saturated heterocycles. The number of benzene rings is 1. The normalized spacial score (nSPS) is 18.8. The molecule has 0 radical (unpaired) electrons. The van der Waals surface area contributed by atoms with E-state index in [9.17, 15) is 22.0 Å². The fourth-order valence-electron chi connectivity index (χ4n) is 2.83. The second kappa shape index (κ2) is 7.02. The van der Waals surface area contributed by atoms with E-state index in [4.69, 9.17) is 0 Å². The number of carbonyl (C=O) groups excluding carboxylic acids is 1. The average Bonchev–Trinajstić information content (AvgIpc) is 3.09. The maximum atomic E-state index is 12.4. The number of ether oxygens (including phenoxy) is 1. The molecule has 7 nitrogen and oxygen atoms in total. The number of amides is 1. The summed E-state index contributed by atoms with van der Waals surface area (Å²) in [5, 5.41) is 6.98. The van der Waals surface area contributed by atoms with Gasteiger partial charge >= 0.3 is 6.61 Å². The summed E-state index contributed by atoms with van der Waals surface area (Å²) in [6.07, 6.45) is 0.436. The van der Waals surface area contributed by atoms with Gasteiger partial charge < -0.3 is 10.1 Å². The molecule has 10 heteroatoms. The topological polar surface area (TPSA) is 90.3 Å². The lowest BCUT2D eigenvalue weighted by Crippen LogP contribution is -2.19. The number of hydrogen-bond donors (Lipinski definition) is 1. The molecule has 1 aliphatic rings. The SMILES string of the molecule is Cc1cc(NC(=O)c2ccc(OC(F)F)cc2)n(C2CCS(=O)(=O)C2)n1. The van der Waals surface area contributed by atoms with Crippen LogP contribution in [0.1, 0.15) is 28.5 Å². The van der Waals surface area contributed by atoms with Gasteiger partial charge in [-0.05, 0) is 37.6 Å². The van der Waals surface area contributed by atoms with Crippen LogP contribution in [0.15, 0.2) is 30.3 Å². The second-order valence-corrected chi connectivity index (χ2v) is 8.26. The molecule has 1 amide bonds. The summed E-state index contributed by atoms with van der Waals surface area (Å²) in [6, 6.07) is 6.59. The fraction of sp³-hybridized carbons (Fsp3) is 0.375. The highest BCUT2D eigenvalue weighted by Crippen LogP contribution is 2.27. The van der Waals surface area contributed by atoms with Crippen molar-refractivity contribution in [3.05, 3.63) is 41.6 Å². The number of aromatic nitrogens is 2. The number of halogens is 2. The van der Waals surface area contributed by atoms with Gasteiger partial charge in [-0.15, -0.1) is 0 Å². The number of hydrogen-bond acceptors (Lipinski definition) is 5. The molecule has 1 aromatic heterocycles. The average molecular weight is 385 g/mol. The van der Waals surface area contributed by atoms with E-state index >= 15 is 0 Å². The van der Waals surface area contributed by atoms with Crippen LogP contribution in [0.4, 0.5) is 14.6 Å². The Hall–Kier alpha value is -2.49. The summed E-state index contributed by atoms with van der Waals surface area (Å²) < 4.78 is 53.5. The molecular weight excluding hydrogens is 368 g/mol. The lowest BCUT2D eigenvalue weighted by atomic mass is 10.2. The van der Waals surface area contributed by atoms with Gasteiger partial charge in [0.25, 0.3) is 5.91 Å². The Balaban J connectivity index is 1.76. The third-order valence-corrected chi connectivity index (χ3v) is 5.75. The minimum Gasteiger partial charge on any atom is -0.435 e. The number of alkyl halides is 2. The van der Waals surface area contributed by atoms with Gasteiger partial charge in [-0.3, -0.25) is 4.79 Å². The van der Waals surface area contributed by atoms with Crippen LogP contribution in [0.5, 0.6) is 5.75 Å². The monoisotopic (exact) mass is 385 g/mol. The Kier molecular flexibility index (Phi) is 4.94. The Morgan fingerprint density at radius 2 is 2.04 bits per heavy atom. The first-order valence-electron chi connectivity index (χ1n) is 7.86. The lowest BCUT2D eigenvalue weighted by molar-refractivity contribution is -0.0498. The first-order chi connectivity index (χ1) is 12.2. The molecule has 2 heterocycles. The van der Waals surface area contributed by atoms with Gasteiger partial charge in [0.1, 0.15) is 11.6 Å². The Bertz CT molecular complexity index is 910. The first kappa shape index (κ1) is 18.3. The Morgan fingerprint density at radius 1 is 1.35 bits per heavy atom. The molecule has 1 unspecified atom stereocenters. The molecule has 0 spiro atoms. The highest BCUT2D eigenvalue weighted by Gasteiger charge is 2.31. The summed E-state index contributed by atoms with van der Waals surface area (Å²) in [6.45, 7) is -1.19. The highest BCUT2D eigenvalue weighted by atomic mass is 32.2. The molecule has 26 heavy (non-hydrogen) atoms. The predicted molar refractivity (Wildman–Crippen MR) is 90.3 cm³/mol. The molecule has 1 aromatic carbocycles. The zero-order valence-electron chi connectivity index (χ0n) is 13.9. The summed E-state index contributed by atoms with van der Waals surface area (Å²) in [5.41, 5.74) is 0.890. The molecule has 0 bridgehead atoms. The summed E-state index contributed by atoms with van der Waals surface area (Å²) in [7, 11) is -3.10. The van der Waals surface area contributed by atoms with Crippen LogP contribution in [0, 0.1) is 6.92 Å². The lowest BCUT2D eigenvalue weighted by Gasteiger charge is -2.14. The summed E-state index contributed by atoms with van der Waals surface area (Å²) in [4.78, 5) is 12.4. The molecule has 1 atom stereocenters. The van der Waals surface area contributed by atoms with E-state index in [1.54, 1.807) is 13.0 Å². The van der Waals surface area contributed by atoms with E-state index in [2.05, 4.69) is 15.2 Å². The Morgan fingerprint density at radius 3 is 2.62 bits per heavy atom. The van der Waals surface area contributed by atoms with Crippen molar-refractivity contribution in [2.24, 2.45) is 0 Å². The van der Waals surface area contributed by atoms with Crippen LogP contribution in [0.3, 0.4) is 0 Å². The molecular formula is C16H17F2N3O4S. The van der Waals surface area contributed by atoms with Gasteiger partial charge in [0.15, 0.2) is 9.84 Å². The number of aryl methyl sites for hydroxylation is 1. The number of rotatable bonds is 5. The number of nitrogens with one attached hydrogen (secondary N) is 1. The van der Waals surface area contributed by atoms with E-state index in [0.29, 0.717) is 17.9 Å². The van der Waals surface area contributed by atoms with Crippen molar-refractivity contribution in [2.75, 3.05) is 16.8 Å². The van der Waals surface area contributed by atoms with Crippen LogP contribution >= 0.6 is 0 Å². The van der Waals surface area contributed by atoms with Crippen molar-refractivity contribution in [3.63, 3.8) is 0 Å². The van der Waals surface area contributed by atoms with E-state index in [1.165, 1.54) is 28.9 Å². The van der Waals surface area contributed by atoms with Crippen molar-refractivity contribution in [2.45, 2.75) is 26.0 Å². The first-order valence-corrected chi connectivity index (χ1v) is 9.68. The smallest absolute Gasteiger partial charge is 0.387 e.